The Morgan fingerprint density at radius 2 is 1.89 bits per heavy atom. The van der Waals surface area contributed by atoms with Crippen LogP contribution in [0.3, 0.4) is 0 Å². The van der Waals surface area contributed by atoms with Gasteiger partial charge in [0.15, 0.2) is 0 Å². The summed E-state index contributed by atoms with van der Waals surface area (Å²) in [5, 5.41) is 4.05. The van der Waals surface area contributed by atoms with Crippen LogP contribution in [0.4, 0.5) is 0 Å². The first-order valence-electron chi connectivity index (χ1n) is 8.33. The summed E-state index contributed by atoms with van der Waals surface area (Å²) in [5.41, 5.74) is 0. The molecule has 0 radical (unpaired) electrons. The molecule has 0 aromatic heterocycles. The van der Waals surface area contributed by atoms with Crippen LogP contribution in [-0.2, 0) is 10.8 Å². The van der Waals surface area contributed by atoms with E-state index in [0.29, 0.717) is 11.3 Å². The van der Waals surface area contributed by atoms with Crippen LogP contribution in [0.5, 0.6) is 0 Å². The van der Waals surface area contributed by atoms with Crippen LogP contribution in [0.25, 0.3) is 0 Å². The Balaban J connectivity index is 2.51. The van der Waals surface area contributed by atoms with E-state index in [4.69, 9.17) is 0 Å². The topological polar surface area (TPSA) is 29.1 Å². The highest BCUT2D eigenvalue weighted by molar-refractivity contribution is 7.85. The monoisotopic (exact) mass is 287 g/mol. The van der Waals surface area contributed by atoms with Gasteiger partial charge in [-0.25, -0.2) is 0 Å². The van der Waals surface area contributed by atoms with Gasteiger partial charge in [0.1, 0.15) is 0 Å². The quantitative estimate of drug-likeness (QED) is 0.652. The fourth-order valence-electron chi connectivity index (χ4n) is 3.08. The van der Waals surface area contributed by atoms with Crippen molar-refractivity contribution in [3.05, 3.63) is 0 Å². The van der Waals surface area contributed by atoms with Crippen LogP contribution in [0, 0.1) is 5.92 Å². The van der Waals surface area contributed by atoms with Crippen molar-refractivity contribution in [1.29, 1.82) is 0 Å². The summed E-state index contributed by atoms with van der Waals surface area (Å²) >= 11 is 0. The zero-order chi connectivity index (χ0) is 14.1. The molecule has 1 aliphatic carbocycles. The van der Waals surface area contributed by atoms with Crippen LogP contribution >= 0.6 is 0 Å². The molecular formula is C16H33NOS. The van der Waals surface area contributed by atoms with Gasteiger partial charge < -0.3 is 5.32 Å². The van der Waals surface area contributed by atoms with Gasteiger partial charge in [-0.05, 0) is 44.6 Å². The average Bonchev–Trinajstić information content (AvgIpc) is 2.45. The molecule has 19 heavy (non-hydrogen) atoms. The Morgan fingerprint density at radius 1 is 1.11 bits per heavy atom. The van der Waals surface area contributed by atoms with E-state index in [2.05, 4.69) is 26.1 Å². The zero-order valence-corrected chi connectivity index (χ0v) is 13.9. The van der Waals surface area contributed by atoms with Crippen molar-refractivity contribution in [2.24, 2.45) is 5.92 Å². The van der Waals surface area contributed by atoms with Crippen molar-refractivity contribution in [2.45, 2.75) is 83.4 Å². The van der Waals surface area contributed by atoms with Gasteiger partial charge in [-0.1, -0.05) is 40.0 Å². The molecule has 1 fully saturated rings. The Morgan fingerprint density at radius 3 is 2.53 bits per heavy atom. The summed E-state index contributed by atoms with van der Waals surface area (Å²) in [4.78, 5) is 0. The van der Waals surface area contributed by atoms with E-state index in [1.165, 1.54) is 44.9 Å². The van der Waals surface area contributed by atoms with E-state index in [-0.39, 0.29) is 0 Å². The SMILES string of the molecule is CCCCCS(=O)C1CC(CC)CCC1NCCC. The third-order valence-corrected chi connectivity index (χ3v) is 6.31. The lowest BCUT2D eigenvalue weighted by molar-refractivity contribution is 0.292. The maximum Gasteiger partial charge on any atom is 0.0503 e. The highest BCUT2D eigenvalue weighted by Crippen LogP contribution is 2.30. The lowest BCUT2D eigenvalue weighted by Crippen LogP contribution is -2.47. The van der Waals surface area contributed by atoms with Gasteiger partial charge in [-0.3, -0.25) is 4.21 Å². The van der Waals surface area contributed by atoms with E-state index >= 15 is 0 Å². The van der Waals surface area contributed by atoms with Crippen molar-refractivity contribution >= 4 is 10.8 Å². The molecule has 1 aliphatic rings. The lowest BCUT2D eigenvalue weighted by Gasteiger charge is -2.36. The van der Waals surface area contributed by atoms with Gasteiger partial charge in [0.25, 0.3) is 0 Å². The first-order valence-corrected chi connectivity index (χ1v) is 9.71. The molecule has 0 spiro atoms. The summed E-state index contributed by atoms with van der Waals surface area (Å²) in [6.07, 6.45) is 9.72. The molecular weight excluding hydrogens is 254 g/mol. The third-order valence-electron chi connectivity index (χ3n) is 4.42. The summed E-state index contributed by atoms with van der Waals surface area (Å²) < 4.78 is 12.6. The molecule has 0 saturated heterocycles. The minimum Gasteiger partial charge on any atom is -0.313 e. The predicted octanol–water partition coefficient (Wildman–Crippen LogP) is 3.87. The van der Waals surface area contributed by atoms with Crippen LogP contribution in [0.1, 0.15) is 72.1 Å². The number of unbranched alkanes of at least 4 members (excludes halogenated alkanes) is 2. The molecule has 114 valence electrons. The predicted molar refractivity (Wildman–Crippen MR) is 86.0 cm³/mol. The van der Waals surface area contributed by atoms with Gasteiger partial charge in [0, 0.05) is 22.6 Å². The molecule has 3 heteroatoms. The number of nitrogens with one attached hydrogen (secondary N) is 1. The largest absolute Gasteiger partial charge is 0.313 e. The van der Waals surface area contributed by atoms with E-state index in [1.54, 1.807) is 0 Å². The maximum atomic E-state index is 12.6. The fourth-order valence-corrected chi connectivity index (χ4v) is 4.96. The molecule has 1 rings (SSSR count). The number of hydrogen-bond donors (Lipinski definition) is 1. The minimum absolute atomic E-state index is 0.405. The highest BCUT2D eigenvalue weighted by Gasteiger charge is 2.32. The molecule has 0 bridgehead atoms. The molecule has 0 aromatic carbocycles. The van der Waals surface area contributed by atoms with Gasteiger partial charge in [0.2, 0.25) is 0 Å². The average molecular weight is 288 g/mol. The van der Waals surface area contributed by atoms with Crippen molar-refractivity contribution in [3.63, 3.8) is 0 Å². The first-order chi connectivity index (χ1) is 9.22. The standard InChI is InChI=1S/C16H33NOS/c1-4-7-8-12-19(18)16-13-14(6-3)9-10-15(16)17-11-5-2/h14-17H,4-13H2,1-3H3. The lowest BCUT2D eigenvalue weighted by atomic mass is 9.84. The molecule has 0 heterocycles. The first kappa shape index (κ1) is 17.2. The second-order valence-electron chi connectivity index (χ2n) is 5.98. The highest BCUT2D eigenvalue weighted by atomic mass is 32.2. The van der Waals surface area contributed by atoms with Gasteiger partial charge >= 0.3 is 0 Å². The summed E-state index contributed by atoms with van der Waals surface area (Å²) in [5.74, 6) is 1.72. The smallest absolute Gasteiger partial charge is 0.0503 e. The molecule has 2 nitrogen and oxygen atoms in total. The van der Waals surface area contributed by atoms with Gasteiger partial charge in [-0.15, -0.1) is 0 Å². The van der Waals surface area contributed by atoms with E-state index in [9.17, 15) is 4.21 Å². The normalized spacial score (nSPS) is 29.3. The second-order valence-corrected chi connectivity index (χ2v) is 7.75. The van der Waals surface area contributed by atoms with Gasteiger partial charge in [-0.2, -0.15) is 0 Å². The fraction of sp³-hybridized carbons (Fsp3) is 1.00. The Hall–Kier alpha value is 0.110. The molecule has 0 amide bonds. The van der Waals surface area contributed by atoms with Crippen LogP contribution in [0.15, 0.2) is 0 Å². The second kappa shape index (κ2) is 9.93. The van der Waals surface area contributed by atoms with Crippen LogP contribution in [-0.4, -0.2) is 27.8 Å². The van der Waals surface area contributed by atoms with Crippen molar-refractivity contribution < 1.29 is 4.21 Å². The summed E-state index contributed by atoms with van der Waals surface area (Å²) in [6, 6.07) is 0.505. The van der Waals surface area contributed by atoms with Crippen LogP contribution < -0.4 is 5.32 Å². The number of rotatable bonds is 9. The van der Waals surface area contributed by atoms with Gasteiger partial charge in [0.05, 0.1) is 5.25 Å². The Kier molecular flexibility index (Phi) is 8.97. The molecule has 4 atom stereocenters. The van der Waals surface area contributed by atoms with E-state index in [0.717, 1.165) is 24.6 Å². The zero-order valence-electron chi connectivity index (χ0n) is 13.1. The summed E-state index contributed by atoms with van der Waals surface area (Å²) in [6.45, 7) is 7.77. The van der Waals surface area contributed by atoms with E-state index < -0.39 is 10.8 Å². The van der Waals surface area contributed by atoms with Crippen molar-refractivity contribution in [2.75, 3.05) is 12.3 Å². The molecule has 1 saturated carbocycles. The molecule has 0 aliphatic heterocycles. The van der Waals surface area contributed by atoms with Crippen LogP contribution in [0.2, 0.25) is 0 Å². The maximum absolute atomic E-state index is 12.6. The summed E-state index contributed by atoms with van der Waals surface area (Å²) in [7, 11) is -0.626. The van der Waals surface area contributed by atoms with Crippen molar-refractivity contribution in [3.8, 4) is 0 Å². The van der Waals surface area contributed by atoms with Crippen molar-refractivity contribution in [1.82, 2.24) is 5.32 Å². The number of hydrogen-bond acceptors (Lipinski definition) is 2. The molecule has 0 aromatic rings. The Labute approximate surface area is 122 Å². The molecule has 4 unspecified atom stereocenters. The third kappa shape index (κ3) is 5.95. The van der Waals surface area contributed by atoms with E-state index in [1.807, 2.05) is 0 Å². The Bertz CT molecular complexity index is 257. The molecule has 1 N–H and O–H groups in total. The minimum atomic E-state index is -0.626.